The fourth-order valence-corrected chi connectivity index (χ4v) is 4.24. The van der Waals surface area contributed by atoms with Gasteiger partial charge in [0.25, 0.3) is 0 Å². The SMILES string of the molecule is CC(=O)OC(CC(C)(C)C(C)(C)C(CC(C)(C)C)N1CCCC1=O)C(C)(C)C. The molecule has 1 heterocycles. The molecule has 28 heavy (non-hydrogen) atoms. The van der Waals surface area contributed by atoms with E-state index in [4.69, 9.17) is 4.74 Å². The number of carbonyl (C=O) groups excluding carboxylic acids is 2. The first kappa shape index (κ1) is 25.0. The Morgan fingerprint density at radius 3 is 1.89 bits per heavy atom. The Bertz CT molecular complexity index is 563. The average molecular weight is 396 g/mol. The first-order valence-electron chi connectivity index (χ1n) is 10.9. The van der Waals surface area contributed by atoms with Crippen LogP contribution in [0.15, 0.2) is 0 Å². The molecule has 0 bridgehead atoms. The number of rotatable bonds is 7. The molecule has 4 heteroatoms. The highest BCUT2D eigenvalue weighted by Crippen LogP contribution is 2.51. The zero-order chi connectivity index (χ0) is 22.1. The summed E-state index contributed by atoms with van der Waals surface area (Å²) in [5, 5.41) is 0. The second-order valence-corrected chi connectivity index (χ2v) is 12.2. The molecule has 1 saturated heterocycles. The molecule has 4 nitrogen and oxygen atoms in total. The van der Waals surface area contributed by atoms with Crippen molar-refractivity contribution in [3.8, 4) is 0 Å². The Morgan fingerprint density at radius 1 is 1.00 bits per heavy atom. The molecule has 164 valence electrons. The van der Waals surface area contributed by atoms with Crippen LogP contribution in [0.2, 0.25) is 0 Å². The van der Waals surface area contributed by atoms with Gasteiger partial charge in [0.15, 0.2) is 0 Å². The molecule has 1 amide bonds. The van der Waals surface area contributed by atoms with Gasteiger partial charge in [0.05, 0.1) is 0 Å². The van der Waals surface area contributed by atoms with Crippen LogP contribution in [0.4, 0.5) is 0 Å². The number of nitrogens with zero attached hydrogens (tertiary/aromatic N) is 1. The van der Waals surface area contributed by atoms with E-state index in [9.17, 15) is 9.59 Å². The van der Waals surface area contributed by atoms with Crippen LogP contribution in [0.3, 0.4) is 0 Å². The topological polar surface area (TPSA) is 46.6 Å². The number of likely N-dealkylation sites (tertiary alicyclic amines) is 1. The van der Waals surface area contributed by atoms with Crippen molar-refractivity contribution in [2.75, 3.05) is 6.54 Å². The highest BCUT2D eigenvalue weighted by molar-refractivity contribution is 5.78. The zero-order valence-corrected chi connectivity index (χ0v) is 20.4. The van der Waals surface area contributed by atoms with Gasteiger partial charge in [-0.25, -0.2) is 0 Å². The minimum Gasteiger partial charge on any atom is -0.462 e. The van der Waals surface area contributed by atoms with Crippen LogP contribution in [-0.2, 0) is 14.3 Å². The Hall–Kier alpha value is -1.06. The maximum Gasteiger partial charge on any atom is 0.302 e. The van der Waals surface area contributed by atoms with E-state index in [2.05, 4.69) is 74.1 Å². The lowest BCUT2D eigenvalue weighted by atomic mass is 9.58. The fraction of sp³-hybridized carbons (Fsp3) is 0.917. The summed E-state index contributed by atoms with van der Waals surface area (Å²) in [6, 6.07) is 0.162. The second-order valence-electron chi connectivity index (χ2n) is 12.2. The first-order chi connectivity index (χ1) is 12.4. The van der Waals surface area contributed by atoms with Crippen molar-refractivity contribution >= 4 is 11.9 Å². The third kappa shape index (κ3) is 6.22. The van der Waals surface area contributed by atoms with Crippen LogP contribution < -0.4 is 0 Å². The summed E-state index contributed by atoms with van der Waals surface area (Å²) in [6.45, 7) is 24.6. The van der Waals surface area contributed by atoms with Crippen molar-refractivity contribution < 1.29 is 14.3 Å². The molecule has 1 aliphatic heterocycles. The molecule has 0 aromatic carbocycles. The zero-order valence-electron chi connectivity index (χ0n) is 20.4. The van der Waals surface area contributed by atoms with Crippen molar-refractivity contribution in [3.63, 3.8) is 0 Å². The van der Waals surface area contributed by atoms with Crippen molar-refractivity contribution in [2.45, 2.75) is 114 Å². The molecule has 0 radical (unpaired) electrons. The van der Waals surface area contributed by atoms with Gasteiger partial charge in [-0.15, -0.1) is 0 Å². The number of hydrogen-bond acceptors (Lipinski definition) is 3. The number of amides is 1. The van der Waals surface area contributed by atoms with Crippen LogP contribution >= 0.6 is 0 Å². The third-order valence-electron chi connectivity index (χ3n) is 6.84. The van der Waals surface area contributed by atoms with E-state index < -0.39 is 0 Å². The molecule has 0 N–H and O–H groups in total. The molecule has 0 spiro atoms. The maximum absolute atomic E-state index is 12.7. The van der Waals surface area contributed by atoms with Gasteiger partial charge in [-0.05, 0) is 40.9 Å². The van der Waals surface area contributed by atoms with E-state index in [0.29, 0.717) is 6.42 Å². The Kier molecular flexibility index (Phi) is 7.45. The second kappa shape index (κ2) is 8.36. The first-order valence-corrected chi connectivity index (χ1v) is 10.9. The van der Waals surface area contributed by atoms with Crippen LogP contribution in [0, 0.1) is 21.7 Å². The fourth-order valence-electron chi connectivity index (χ4n) is 4.24. The molecule has 0 aliphatic carbocycles. The summed E-state index contributed by atoms with van der Waals surface area (Å²) < 4.78 is 5.75. The molecule has 1 rings (SSSR count). The quantitative estimate of drug-likeness (QED) is 0.509. The molecular formula is C24H45NO3. The number of esters is 1. The van der Waals surface area contributed by atoms with Gasteiger partial charge in [-0.2, -0.15) is 0 Å². The van der Waals surface area contributed by atoms with Crippen molar-refractivity contribution in [1.82, 2.24) is 4.90 Å². The van der Waals surface area contributed by atoms with Crippen LogP contribution in [-0.4, -0.2) is 35.5 Å². The van der Waals surface area contributed by atoms with Gasteiger partial charge in [0.2, 0.25) is 5.91 Å². The van der Waals surface area contributed by atoms with Gasteiger partial charge in [-0.3, -0.25) is 9.59 Å². The van der Waals surface area contributed by atoms with E-state index in [1.807, 2.05) is 0 Å². The van der Waals surface area contributed by atoms with E-state index in [0.717, 1.165) is 25.8 Å². The molecule has 0 aromatic rings. The molecular weight excluding hydrogens is 350 g/mol. The van der Waals surface area contributed by atoms with E-state index >= 15 is 0 Å². The molecule has 1 fully saturated rings. The summed E-state index contributed by atoms with van der Waals surface area (Å²) in [5.41, 5.74) is -0.273. The Labute approximate surface area is 173 Å². The van der Waals surface area contributed by atoms with Crippen molar-refractivity contribution in [1.29, 1.82) is 0 Å². The minimum absolute atomic E-state index is 0.125. The van der Waals surface area contributed by atoms with Crippen LogP contribution in [0.25, 0.3) is 0 Å². The average Bonchev–Trinajstić information content (AvgIpc) is 2.87. The lowest BCUT2D eigenvalue weighted by Crippen LogP contribution is -2.55. The molecule has 2 unspecified atom stereocenters. The molecule has 1 aliphatic rings. The largest absolute Gasteiger partial charge is 0.462 e. The smallest absolute Gasteiger partial charge is 0.302 e. The number of hydrogen-bond donors (Lipinski definition) is 0. The summed E-state index contributed by atoms with van der Waals surface area (Å²) in [4.78, 5) is 26.5. The highest BCUT2D eigenvalue weighted by Gasteiger charge is 2.50. The molecule has 0 aromatic heterocycles. The summed E-state index contributed by atoms with van der Waals surface area (Å²) in [5.74, 6) is 0.0555. The third-order valence-corrected chi connectivity index (χ3v) is 6.84. The van der Waals surface area contributed by atoms with E-state index in [1.54, 1.807) is 0 Å². The van der Waals surface area contributed by atoms with Gasteiger partial charge >= 0.3 is 5.97 Å². The summed E-state index contributed by atoms with van der Waals surface area (Å²) in [6.07, 6.45) is 3.18. The summed E-state index contributed by atoms with van der Waals surface area (Å²) in [7, 11) is 0. The maximum atomic E-state index is 12.7. The monoisotopic (exact) mass is 395 g/mol. The highest BCUT2D eigenvalue weighted by atomic mass is 16.5. The van der Waals surface area contributed by atoms with Crippen LogP contribution in [0.5, 0.6) is 0 Å². The number of ether oxygens (including phenoxy) is 1. The predicted molar refractivity (Wildman–Crippen MR) is 116 cm³/mol. The minimum atomic E-state index is -0.227. The predicted octanol–water partition coefficient (Wildman–Crippen LogP) is 5.83. The van der Waals surface area contributed by atoms with E-state index in [-0.39, 0.29) is 45.7 Å². The Morgan fingerprint density at radius 2 is 1.54 bits per heavy atom. The van der Waals surface area contributed by atoms with Crippen molar-refractivity contribution in [3.05, 3.63) is 0 Å². The van der Waals surface area contributed by atoms with Gasteiger partial charge < -0.3 is 9.64 Å². The molecule has 2 atom stereocenters. The van der Waals surface area contributed by atoms with Gasteiger partial charge in [-0.1, -0.05) is 69.2 Å². The lowest BCUT2D eigenvalue weighted by molar-refractivity contribution is -0.157. The molecule has 0 saturated carbocycles. The lowest BCUT2D eigenvalue weighted by Gasteiger charge is -2.53. The number of carbonyl (C=O) groups is 2. The van der Waals surface area contributed by atoms with Gasteiger partial charge in [0, 0.05) is 25.9 Å². The van der Waals surface area contributed by atoms with Gasteiger partial charge in [0.1, 0.15) is 6.10 Å². The van der Waals surface area contributed by atoms with E-state index in [1.165, 1.54) is 6.92 Å². The van der Waals surface area contributed by atoms with Crippen molar-refractivity contribution in [2.24, 2.45) is 21.7 Å². The standard InChI is InChI=1S/C24H45NO3/c1-17(26)28-19(22(5,6)7)16-23(8,9)24(10,11)18(15-21(2,3)4)25-14-12-13-20(25)27/h18-19H,12-16H2,1-11H3. The Balaban J connectivity index is 3.26. The summed E-state index contributed by atoms with van der Waals surface area (Å²) >= 11 is 0. The normalized spacial score (nSPS) is 19.0. The van der Waals surface area contributed by atoms with Crippen LogP contribution in [0.1, 0.15) is 102 Å².